The first-order chi connectivity index (χ1) is 10.1. The second kappa shape index (κ2) is 5.57. The smallest absolute Gasteiger partial charge is 0.164 e. The van der Waals surface area contributed by atoms with Gasteiger partial charge in [-0.05, 0) is 7.05 Å². The minimum absolute atomic E-state index is 0.345. The Morgan fingerprint density at radius 3 is 2.29 bits per heavy atom. The number of rotatable bonds is 2. The van der Waals surface area contributed by atoms with Gasteiger partial charge in [-0.2, -0.15) is 0 Å². The number of piperazine rings is 1. The summed E-state index contributed by atoms with van der Waals surface area (Å²) in [6, 6.07) is 9.82. The minimum atomic E-state index is 0.345. The predicted octanol–water partition coefficient (Wildman–Crippen LogP) is 1.06. The molecule has 0 spiro atoms. The highest BCUT2D eigenvalue weighted by molar-refractivity contribution is 5.76. The summed E-state index contributed by atoms with van der Waals surface area (Å²) < 4.78 is 0. The van der Waals surface area contributed by atoms with E-state index in [2.05, 4.69) is 26.8 Å². The van der Waals surface area contributed by atoms with E-state index in [-0.39, 0.29) is 0 Å². The van der Waals surface area contributed by atoms with Crippen LogP contribution in [0, 0.1) is 0 Å². The average Bonchev–Trinajstić information content (AvgIpc) is 2.52. The van der Waals surface area contributed by atoms with E-state index in [0.29, 0.717) is 17.3 Å². The number of anilines is 3. The zero-order chi connectivity index (χ0) is 14.8. The van der Waals surface area contributed by atoms with Crippen molar-refractivity contribution in [3.8, 4) is 11.4 Å². The molecule has 0 saturated carbocycles. The fourth-order valence-electron chi connectivity index (χ4n) is 2.45. The van der Waals surface area contributed by atoms with Crippen molar-refractivity contribution in [2.45, 2.75) is 0 Å². The zero-order valence-electron chi connectivity index (χ0n) is 12.2. The predicted molar refractivity (Wildman–Crippen MR) is 86.0 cm³/mol. The van der Waals surface area contributed by atoms with Gasteiger partial charge in [0.25, 0.3) is 0 Å². The largest absolute Gasteiger partial charge is 0.393 e. The highest BCUT2D eigenvalue weighted by atomic mass is 15.3. The normalized spacial score (nSPS) is 16.1. The number of hydrogen-bond donors (Lipinski definition) is 2. The molecule has 2 aromatic rings. The number of nitrogens with two attached hydrogens (primary N) is 2. The van der Waals surface area contributed by atoms with Crippen molar-refractivity contribution >= 4 is 17.3 Å². The van der Waals surface area contributed by atoms with Gasteiger partial charge in [0.05, 0.1) is 0 Å². The van der Waals surface area contributed by atoms with E-state index in [1.54, 1.807) is 0 Å². The van der Waals surface area contributed by atoms with Crippen molar-refractivity contribution in [2.75, 3.05) is 49.6 Å². The molecule has 0 radical (unpaired) electrons. The van der Waals surface area contributed by atoms with E-state index in [9.17, 15) is 0 Å². The Labute approximate surface area is 124 Å². The molecule has 1 fully saturated rings. The molecule has 4 N–H and O–H groups in total. The van der Waals surface area contributed by atoms with Crippen LogP contribution in [0.15, 0.2) is 30.3 Å². The molecule has 2 heterocycles. The molecule has 0 unspecified atom stereocenters. The third kappa shape index (κ3) is 2.75. The summed E-state index contributed by atoms with van der Waals surface area (Å²) in [5.74, 6) is 1.71. The molecule has 0 aliphatic carbocycles. The van der Waals surface area contributed by atoms with Crippen molar-refractivity contribution in [1.29, 1.82) is 0 Å². The zero-order valence-corrected chi connectivity index (χ0v) is 12.2. The molecule has 1 saturated heterocycles. The molecule has 0 bridgehead atoms. The van der Waals surface area contributed by atoms with E-state index in [1.165, 1.54) is 0 Å². The van der Waals surface area contributed by atoms with Crippen LogP contribution in [-0.2, 0) is 0 Å². The molecule has 21 heavy (non-hydrogen) atoms. The van der Waals surface area contributed by atoms with Crippen LogP contribution < -0.4 is 16.4 Å². The van der Waals surface area contributed by atoms with Crippen molar-refractivity contribution in [3.05, 3.63) is 30.3 Å². The molecule has 1 aromatic heterocycles. The van der Waals surface area contributed by atoms with Crippen LogP contribution in [0.5, 0.6) is 0 Å². The molecule has 6 nitrogen and oxygen atoms in total. The topological polar surface area (TPSA) is 84.3 Å². The molecule has 110 valence electrons. The first kappa shape index (κ1) is 13.6. The van der Waals surface area contributed by atoms with Gasteiger partial charge < -0.3 is 21.3 Å². The number of hydrogen-bond acceptors (Lipinski definition) is 6. The Morgan fingerprint density at radius 2 is 1.62 bits per heavy atom. The summed E-state index contributed by atoms with van der Waals surface area (Å²) in [4.78, 5) is 13.4. The maximum Gasteiger partial charge on any atom is 0.164 e. The van der Waals surface area contributed by atoms with Gasteiger partial charge in [-0.15, -0.1) is 0 Å². The molecule has 1 aromatic carbocycles. The molecule has 0 amide bonds. The lowest BCUT2D eigenvalue weighted by molar-refractivity contribution is 0.312. The summed E-state index contributed by atoms with van der Waals surface area (Å²) in [5, 5.41) is 0. The summed E-state index contributed by atoms with van der Waals surface area (Å²) in [6.07, 6.45) is 0. The maximum atomic E-state index is 6.09. The summed E-state index contributed by atoms with van der Waals surface area (Å²) in [6.45, 7) is 3.77. The van der Waals surface area contributed by atoms with Crippen LogP contribution in [0.2, 0.25) is 0 Å². The van der Waals surface area contributed by atoms with Crippen LogP contribution in [0.1, 0.15) is 0 Å². The highest BCUT2D eigenvalue weighted by Gasteiger charge is 2.20. The number of nitrogen functional groups attached to an aromatic ring is 2. The van der Waals surface area contributed by atoms with Gasteiger partial charge in [-0.25, -0.2) is 9.97 Å². The first-order valence-corrected chi connectivity index (χ1v) is 7.07. The van der Waals surface area contributed by atoms with Gasteiger partial charge in [0.15, 0.2) is 17.5 Å². The van der Waals surface area contributed by atoms with Crippen LogP contribution in [0.25, 0.3) is 11.4 Å². The van der Waals surface area contributed by atoms with Crippen LogP contribution in [0.3, 0.4) is 0 Å². The second-order valence-electron chi connectivity index (χ2n) is 5.33. The summed E-state index contributed by atoms with van der Waals surface area (Å²) in [7, 11) is 2.12. The number of nitrogens with zero attached hydrogens (tertiary/aromatic N) is 4. The van der Waals surface area contributed by atoms with Crippen LogP contribution in [0.4, 0.5) is 17.3 Å². The molecule has 1 aliphatic rings. The van der Waals surface area contributed by atoms with Gasteiger partial charge >= 0.3 is 0 Å². The van der Waals surface area contributed by atoms with E-state index in [0.717, 1.165) is 37.6 Å². The third-order valence-corrected chi connectivity index (χ3v) is 3.79. The Morgan fingerprint density at radius 1 is 0.952 bits per heavy atom. The van der Waals surface area contributed by atoms with Gasteiger partial charge in [-0.3, -0.25) is 0 Å². The lowest BCUT2D eigenvalue weighted by Crippen LogP contribution is -2.45. The standard InChI is InChI=1S/C15H20N6/c1-20-7-9-21(10-8-20)15-12(16)13(17)18-14(19-15)11-5-3-2-4-6-11/h2-6H,7-10,16H2,1H3,(H2,17,18,19). The molecular weight excluding hydrogens is 264 g/mol. The minimum Gasteiger partial charge on any atom is -0.393 e. The number of aromatic nitrogens is 2. The van der Waals surface area contributed by atoms with Crippen LogP contribution >= 0.6 is 0 Å². The van der Waals surface area contributed by atoms with Crippen molar-refractivity contribution in [2.24, 2.45) is 0 Å². The van der Waals surface area contributed by atoms with Gasteiger partial charge in [-0.1, -0.05) is 30.3 Å². The molecule has 0 atom stereocenters. The first-order valence-electron chi connectivity index (χ1n) is 7.07. The monoisotopic (exact) mass is 284 g/mol. The Bertz CT molecular complexity index is 620. The van der Waals surface area contributed by atoms with Gasteiger partial charge in [0.2, 0.25) is 0 Å². The van der Waals surface area contributed by atoms with Crippen molar-refractivity contribution < 1.29 is 0 Å². The third-order valence-electron chi connectivity index (χ3n) is 3.79. The maximum absolute atomic E-state index is 6.09. The summed E-state index contributed by atoms with van der Waals surface area (Å²) in [5.41, 5.74) is 13.5. The van der Waals surface area contributed by atoms with E-state index in [4.69, 9.17) is 11.5 Å². The van der Waals surface area contributed by atoms with Crippen molar-refractivity contribution in [1.82, 2.24) is 14.9 Å². The lowest BCUT2D eigenvalue weighted by Gasteiger charge is -2.34. The number of likely N-dealkylation sites (N-methyl/N-ethyl adjacent to an activating group) is 1. The second-order valence-corrected chi connectivity index (χ2v) is 5.33. The lowest BCUT2D eigenvalue weighted by atomic mass is 10.2. The number of benzene rings is 1. The summed E-state index contributed by atoms with van der Waals surface area (Å²) >= 11 is 0. The van der Waals surface area contributed by atoms with Gasteiger partial charge in [0.1, 0.15) is 5.69 Å². The fraction of sp³-hybridized carbons (Fsp3) is 0.333. The van der Waals surface area contributed by atoms with Gasteiger partial charge in [0, 0.05) is 31.7 Å². The highest BCUT2D eigenvalue weighted by Crippen LogP contribution is 2.29. The Kier molecular flexibility index (Phi) is 3.62. The SMILES string of the molecule is CN1CCN(c2nc(-c3ccccc3)nc(N)c2N)CC1. The van der Waals surface area contributed by atoms with Crippen LogP contribution in [-0.4, -0.2) is 48.1 Å². The molecule has 3 rings (SSSR count). The molecule has 1 aliphatic heterocycles. The van der Waals surface area contributed by atoms with E-state index >= 15 is 0 Å². The van der Waals surface area contributed by atoms with E-state index in [1.807, 2.05) is 30.3 Å². The molecular formula is C15H20N6. The quantitative estimate of drug-likeness (QED) is 0.858. The van der Waals surface area contributed by atoms with E-state index < -0.39 is 0 Å². The Hall–Kier alpha value is -2.34. The fourth-order valence-corrected chi connectivity index (χ4v) is 2.45. The Balaban J connectivity index is 1.98. The average molecular weight is 284 g/mol. The molecule has 6 heteroatoms. The van der Waals surface area contributed by atoms with Crippen molar-refractivity contribution in [3.63, 3.8) is 0 Å².